The molecule has 0 saturated heterocycles. The molecule has 2 amide bonds. The minimum absolute atomic E-state index is 0.000962. The van der Waals surface area contributed by atoms with Crippen molar-refractivity contribution < 1.29 is 14.3 Å². The van der Waals surface area contributed by atoms with Gasteiger partial charge in [-0.1, -0.05) is 46.8 Å². The summed E-state index contributed by atoms with van der Waals surface area (Å²) in [5.41, 5.74) is 0.557. The van der Waals surface area contributed by atoms with Crippen LogP contribution < -0.4 is 4.74 Å². The maximum absolute atomic E-state index is 13.3. The predicted molar refractivity (Wildman–Crippen MR) is 126 cm³/mol. The zero-order chi connectivity index (χ0) is 23.0. The van der Waals surface area contributed by atoms with Crippen LogP contribution >= 0.6 is 0 Å². The first-order valence-corrected chi connectivity index (χ1v) is 11.9. The molecule has 5 heteroatoms. The Kier molecular flexibility index (Phi) is 9.39. The van der Waals surface area contributed by atoms with E-state index >= 15 is 0 Å². The molecule has 0 bridgehead atoms. The van der Waals surface area contributed by atoms with Gasteiger partial charge >= 0.3 is 0 Å². The lowest BCUT2D eigenvalue weighted by molar-refractivity contribution is -0.136. The number of carbonyl (C=O) groups is 2. The summed E-state index contributed by atoms with van der Waals surface area (Å²) in [6, 6.07) is 7.51. The molecule has 1 aliphatic rings. The van der Waals surface area contributed by atoms with Crippen molar-refractivity contribution in [1.29, 1.82) is 0 Å². The van der Waals surface area contributed by atoms with Gasteiger partial charge in [-0.2, -0.15) is 0 Å². The third-order valence-corrected chi connectivity index (χ3v) is 5.73. The average Bonchev–Trinajstić information content (AvgIpc) is 2.69. The first-order valence-electron chi connectivity index (χ1n) is 11.9. The first-order chi connectivity index (χ1) is 14.6. The molecular formula is C26H42N2O3. The molecule has 1 aliphatic heterocycles. The number of rotatable bonds is 4. The SMILES string of the molecule is CCN1CCCCCN(C(=O)CC(C)(C)C)[C@@H](CC(C)C)COc2ccccc2C1=O. The molecule has 1 aromatic rings. The lowest BCUT2D eigenvalue weighted by Gasteiger charge is -2.35. The summed E-state index contributed by atoms with van der Waals surface area (Å²) in [6.07, 6.45) is 4.30. The molecule has 0 saturated carbocycles. The van der Waals surface area contributed by atoms with Crippen molar-refractivity contribution in [3.8, 4) is 5.75 Å². The summed E-state index contributed by atoms with van der Waals surface area (Å²) in [4.78, 5) is 30.4. The number of ether oxygens (including phenoxy) is 1. The number of amides is 2. The highest BCUT2D eigenvalue weighted by Crippen LogP contribution is 2.25. The van der Waals surface area contributed by atoms with Crippen molar-refractivity contribution in [3.05, 3.63) is 29.8 Å². The fourth-order valence-corrected chi connectivity index (χ4v) is 4.19. The van der Waals surface area contributed by atoms with Crippen LogP contribution in [0.25, 0.3) is 0 Å². The van der Waals surface area contributed by atoms with Crippen molar-refractivity contribution in [1.82, 2.24) is 9.80 Å². The van der Waals surface area contributed by atoms with Gasteiger partial charge in [0.25, 0.3) is 5.91 Å². The number of benzene rings is 1. The molecular weight excluding hydrogens is 388 g/mol. The van der Waals surface area contributed by atoms with Crippen LogP contribution in [0.1, 0.15) is 84.0 Å². The van der Waals surface area contributed by atoms with Gasteiger partial charge in [-0.15, -0.1) is 0 Å². The zero-order valence-electron chi connectivity index (χ0n) is 20.4. The van der Waals surface area contributed by atoms with Gasteiger partial charge in [0.2, 0.25) is 5.91 Å². The van der Waals surface area contributed by atoms with Crippen LogP contribution in [-0.4, -0.2) is 53.9 Å². The van der Waals surface area contributed by atoms with Crippen LogP contribution in [0, 0.1) is 11.3 Å². The highest BCUT2D eigenvalue weighted by molar-refractivity contribution is 5.96. The Hall–Kier alpha value is -2.04. The second kappa shape index (κ2) is 11.5. The summed E-state index contributed by atoms with van der Waals surface area (Å²) >= 11 is 0. The first kappa shape index (κ1) is 25.2. The smallest absolute Gasteiger partial charge is 0.257 e. The molecule has 1 atom stereocenters. The molecule has 31 heavy (non-hydrogen) atoms. The van der Waals surface area contributed by atoms with E-state index in [-0.39, 0.29) is 23.3 Å². The number of para-hydroxylation sites is 1. The van der Waals surface area contributed by atoms with Crippen LogP contribution in [0.5, 0.6) is 5.75 Å². The van der Waals surface area contributed by atoms with Crippen molar-refractivity contribution in [2.45, 2.75) is 79.7 Å². The molecule has 0 aliphatic carbocycles. The van der Waals surface area contributed by atoms with E-state index in [1.807, 2.05) is 36.1 Å². The summed E-state index contributed by atoms with van der Waals surface area (Å²) in [5, 5.41) is 0. The van der Waals surface area contributed by atoms with Gasteiger partial charge in [-0.25, -0.2) is 0 Å². The molecule has 1 heterocycles. The number of hydrogen-bond donors (Lipinski definition) is 0. The Balaban J connectivity index is 2.35. The second-order valence-electron chi connectivity index (χ2n) is 10.4. The number of carbonyl (C=O) groups excluding carboxylic acids is 2. The molecule has 174 valence electrons. The predicted octanol–water partition coefficient (Wildman–Crippen LogP) is 5.39. The van der Waals surface area contributed by atoms with Crippen molar-refractivity contribution in [3.63, 3.8) is 0 Å². The largest absolute Gasteiger partial charge is 0.491 e. The molecule has 2 rings (SSSR count). The summed E-state index contributed by atoms with van der Waals surface area (Å²) in [7, 11) is 0. The van der Waals surface area contributed by atoms with Crippen LogP contribution in [0.2, 0.25) is 0 Å². The van der Waals surface area contributed by atoms with Gasteiger partial charge < -0.3 is 14.5 Å². The highest BCUT2D eigenvalue weighted by Gasteiger charge is 2.29. The summed E-state index contributed by atoms with van der Waals surface area (Å²) < 4.78 is 6.25. The number of nitrogens with zero attached hydrogens (tertiary/aromatic N) is 2. The third kappa shape index (κ3) is 7.86. The van der Waals surface area contributed by atoms with Crippen molar-refractivity contribution in [2.75, 3.05) is 26.2 Å². The lowest BCUT2D eigenvalue weighted by atomic mass is 9.91. The number of hydrogen-bond acceptors (Lipinski definition) is 3. The van der Waals surface area contributed by atoms with E-state index in [0.717, 1.165) is 38.8 Å². The molecule has 0 radical (unpaired) electrons. The molecule has 0 aromatic heterocycles. The Morgan fingerprint density at radius 3 is 2.45 bits per heavy atom. The Labute approximate surface area is 189 Å². The monoisotopic (exact) mass is 430 g/mol. The van der Waals surface area contributed by atoms with Gasteiger partial charge in [-0.3, -0.25) is 9.59 Å². The van der Waals surface area contributed by atoms with E-state index in [9.17, 15) is 9.59 Å². The van der Waals surface area contributed by atoms with Crippen LogP contribution in [0.15, 0.2) is 24.3 Å². The van der Waals surface area contributed by atoms with Gasteiger partial charge in [0.1, 0.15) is 12.4 Å². The molecule has 0 unspecified atom stereocenters. The quantitative estimate of drug-likeness (QED) is 0.643. The van der Waals surface area contributed by atoms with E-state index in [2.05, 4.69) is 39.5 Å². The minimum atomic E-state index is -0.0534. The molecule has 1 aromatic carbocycles. The summed E-state index contributed by atoms with van der Waals surface area (Å²) in [6.45, 7) is 15.3. The molecule has 5 nitrogen and oxygen atoms in total. The zero-order valence-corrected chi connectivity index (χ0v) is 20.4. The van der Waals surface area contributed by atoms with Crippen molar-refractivity contribution >= 4 is 11.8 Å². The topological polar surface area (TPSA) is 49.9 Å². The maximum atomic E-state index is 13.3. The van der Waals surface area contributed by atoms with Crippen molar-refractivity contribution in [2.24, 2.45) is 11.3 Å². The van der Waals surface area contributed by atoms with Crippen LogP contribution in [0.4, 0.5) is 0 Å². The molecule has 0 fully saturated rings. The van der Waals surface area contributed by atoms with Gasteiger partial charge in [0.05, 0.1) is 11.6 Å². The van der Waals surface area contributed by atoms with Gasteiger partial charge in [-0.05, 0) is 56.1 Å². The molecule has 0 spiro atoms. The third-order valence-electron chi connectivity index (χ3n) is 5.73. The molecule has 0 N–H and O–H groups in total. The Bertz CT molecular complexity index is 724. The number of fused-ring (bicyclic) bond motifs is 1. The fraction of sp³-hybridized carbons (Fsp3) is 0.692. The van der Waals surface area contributed by atoms with E-state index in [0.29, 0.717) is 36.8 Å². The summed E-state index contributed by atoms with van der Waals surface area (Å²) in [5.74, 6) is 1.29. The minimum Gasteiger partial charge on any atom is -0.491 e. The standard InChI is InChI=1S/C26H42N2O3/c1-7-27-15-11-8-12-16-28(24(29)18-26(4,5)6)21(17-20(2)3)19-31-23-14-10-9-13-22(23)25(27)30/h9-10,13-14,20-21H,7-8,11-12,15-19H2,1-6H3/t21-/m0/s1. The lowest BCUT2D eigenvalue weighted by Crippen LogP contribution is -2.46. The highest BCUT2D eigenvalue weighted by atomic mass is 16.5. The van der Waals surface area contributed by atoms with E-state index in [4.69, 9.17) is 4.74 Å². The van der Waals surface area contributed by atoms with Gasteiger partial charge in [0, 0.05) is 26.1 Å². The van der Waals surface area contributed by atoms with Crippen LogP contribution in [0.3, 0.4) is 0 Å². The normalized spacial score (nSPS) is 19.2. The van der Waals surface area contributed by atoms with E-state index in [1.165, 1.54) is 0 Å². The van der Waals surface area contributed by atoms with Crippen LogP contribution in [-0.2, 0) is 4.79 Å². The van der Waals surface area contributed by atoms with Gasteiger partial charge in [0.15, 0.2) is 0 Å². The Morgan fingerprint density at radius 1 is 1.13 bits per heavy atom. The fourth-order valence-electron chi connectivity index (χ4n) is 4.19. The van der Waals surface area contributed by atoms with E-state index in [1.54, 1.807) is 0 Å². The Morgan fingerprint density at radius 2 is 1.81 bits per heavy atom. The maximum Gasteiger partial charge on any atom is 0.257 e. The average molecular weight is 431 g/mol. The van der Waals surface area contributed by atoms with E-state index < -0.39 is 0 Å². The second-order valence-corrected chi connectivity index (χ2v) is 10.4.